The Bertz CT molecular complexity index is 1390. The maximum absolute atomic E-state index is 13.6. The molecule has 0 radical (unpaired) electrons. The zero-order valence-electron chi connectivity index (χ0n) is 21.0. The van der Waals surface area contributed by atoms with Crippen molar-refractivity contribution >= 4 is 39.1 Å². The van der Waals surface area contributed by atoms with Gasteiger partial charge in [-0.2, -0.15) is 0 Å². The highest BCUT2D eigenvalue weighted by Gasteiger charge is 2.32. The van der Waals surface area contributed by atoms with Gasteiger partial charge >= 0.3 is 0 Å². The molecule has 0 spiro atoms. The van der Waals surface area contributed by atoms with E-state index >= 15 is 0 Å². The SMILES string of the molecule is O=C(c1ccc(N(Cc2ccc(Cl)cc2)S(=O)(=O)c2ccccc2)cc1)N1CCC(N2CCCC2=O)CC1. The lowest BCUT2D eigenvalue weighted by Gasteiger charge is -2.36. The Morgan fingerprint density at radius 1 is 0.895 bits per heavy atom. The van der Waals surface area contributed by atoms with Crippen LogP contribution >= 0.6 is 11.6 Å². The van der Waals surface area contributed by atoms with Gasteiger partial charge in [0.05, 0.1) is 17.1 Å². The molecule has 3 aromatic rings. The molecule has 0 atom stereocenters. The number of piperidine rings is 1. The summed E-state index contributed by atoms with van der Waals surface area (Å²) in [5, 5.41) is 0.574. The molecule has 2 aliphatic rings. The summed E-state index contributed by atoms with van der Waals surface area (Å²) in [5.41, 5.74) is 1.76. The van der Waals surface area contributed by atoms with Gasteiger partial charge in [-0.15, -0.1) is 0 Å². The molecule has 2 saturated heterocycles. The van der Waals surface area contributed by atoms with Gasteiger partial charge in [-0.05, 0) is 73.4 Å². The highest BCUT2D eigenvalue weighted by molar-refractivity contribution is 7.92. The summed E-state index contributed by atoms with van der Waals surface area (Å²) >= 11 is 6.02. The lowest BCUT2D eigenvalue weighted by atomic mass is 10.0. The smallest absolute Gasteiger partial charge is 0.264 e. The van der Waals surface area contributed by atoms with Gasteiger partial charge in [0.2, 0.25) is 5.91 Å². The van der Waals surface area contributed by atoms with Crippen molar-refractivity contribution in [3.8, 4) is 0 Å². The molecule has 0 unspecified atom stereocenters. The molecule has 2 fully saturated rings. The second-order valence-electron chi connectivity index (χ2n) is 9.71. The van der Waals surface area contributed by atoms with E-state index in [1.165, 1.54) is 4.31 Å². The molecule has 3 aromatic carbocycles. The minimum Gasteiger partial charge on any atom is -0.340 e. The normalized spacial score (nSPS) is 16.6. The van der Waals surface area contributed by atoms with Crippen molar-refractivity contribution in [1.82, 2.24) is 9.80 Å². The molecule has 0 saturated carbocycles. The van der Waals surface area contributed by atoms with Crippen LogP contribution in [0.15, 0.2) is 83.8 Å². The second kappa shape index (κ2) is 11.2. The maximum Gasteiger partial charge on any atom is 0.264 e. The number of likely N-dealkylation sites (tertiary alicyclic amines) is 2. The molecule has 2 aliphatic heterocycles. The monoisotopic (exact) mass is 551 g/mol. The van der Waals surface area contributed by atoms with Gasteiger partial charge in [0, 0.05) is 42.7 Å². The first kappa shape index (κ1) is 26.3. The number of anilines is 1. The number of hydrogen-bond acceptors (Lipinski definition) is 4. The van der Waals surface area contributed by atoms with E-state index in [1.807, 2.05) is 9.80 Å². The van der Waals surface area contributed by atoms with E-state index in [-0.39, 0.29) is 29.3 Å². The van der Waals surface area contributed by atoms with Crippen LogP contribution in [-0.4, -0.2) is 55.7 Å². The van der Waals surface area contributed by atoms with Gasteiger partial charge in [0.25, 0.3) is 15.9 Å². The van der Waals surface area contributed by atoms with Crippen LogP contribution < -0.4 is 4.31 Å². The van der Waals surface area contributed by atoms with Crippen LogP contribution in [0.3, 0.4) is 0 Å². The fourth-order valence-corrected chi connectivity index (χ4v) is 6.78. The van der Waals surface area contributed by atoms with Crippen molar-refractivity contribution in [1.29, 1.82) is 0 Å². The molecular formula is C29H30ClN3O4S. The fourth-order valence-electron chi connectivity index (χ4n) is 5.18. The van der Waals surface area contributed by atoms with Gasteiger partial charge in [-0.3, -0.25) is 13.9 Å². The molecular weight excluding hydrogens is 522 g/mol. The summed E-state index contributed by atoms with van der Waals surface area (Å²) in [6.45, 7) is 2.13. The molecule has 38 heavy (non-hydrogen) atoms. The summed E-state index contributed by atoms with van der Waals surface area (Å²) in [5.74, 6) is 0.136. The number of sulfonamides is 1. The average Bonchev–Trinajstić information content (AvgIpc) is 3.38. The first-order chi connectivity index (χ1) is 18.3. The van der Waals surface area contributed by atoms with Gasteiger partial charge in [-0.1, -0.05) is 41.9 Å². The van der Waals surface area contributed by atoms with Crippen LogP contribution in [-0.2, 0) is 21.4 Å². The van der Waals surface area contributed by atoms with Crippen molar-refractivity contribution in [2.24, 2.45) is 0 Å². The molecule has 2 heterocycles. The third kappa shape index (κ3) is 5.56. The van der Waals surface area contributed by atoms with E-state index < -0.39 is 10.0 Å². The van der Waals surface area contributed by atoms with Crippen LogP contribution in [0, 0.1) is 0 Å². The van der Waals surface area contributed by atoms with Crippen LogP contribution in [0.5, 0.6) is 0 Å². The Morgan fingerprint density at radius 2 is 1.55 bits per heavy atom. The third-order valence-electron chi connectivity index (χ3n) is 7.28. The minimum absolute atomic E-state index is 0.0853. The molecule has 7 nitrogen and oxygen atoms in total. The van der Waals surface area contributed by atoms with Gasteiger partial charge < -0.3 is 9.80 Å². The highest BCUT2D eigenvalue weighted by atomic mass is 35.5. The molecule has 5 rings (SSSR count). The number of nitrogens with zero attached hydrogens (tertiary/aromatic N) is 3. The molecule has 0 bridgehead atoms. The molecule has 0 aliphatic carbocycles. The largest absolute Gasteiger partial charge is 0.340 e. The molecule has 2 amide bonds. The van der Waals surface area contributed by atoms with E-state index in [1.54, 1.807) is 78.9 Å². The topological polar surface area (TPSA) is 78.0 Å². The van der Waals surface area contributed by atoms with Crippen LogP contribution in [0.25, 0.3) is 0 Å². The fraction of sp³-hybridized carbons (Fsp3) is 0.310. The summed E-state index contributed by atoms with van der Waals surface area (Å²) in [4.78, 5) is 29.3. The van der Waals surface area contributed by atoms with Gasteiger partial charge in [-0.25, -0.2) is 8.42 Å². The number of halogens is 1. The number of carbonyl (C=O) groups excluding carboxylic acids is 2. The lowest BCUT2D eigenvalue weighted by Crippen LogP contribution is -2.47. The Balaban J connectivity index is 1.34. The second-order valence-corrected chi connectivity index (χ2v) is 12.0. The predicted octanol–water partition coefficient (Wildman–Crippen LogP) is 4.96. The zero-order valence-corrected chi connectivity index (χ0v) is 22.6. The first-order valence-electron chi connectivity index (χ1n) is 12.8. The third-order valence-corrected chi connectivity index (χ3v) is 9.32. The van der Waals surface area contributed by atoms with Crippen LogP contribution in [0.1, 0.15) is 41.6 Å². The van der Waals surface area contributed by atoms with Crippen molar-refractivity contribution < 1.29 is 18.0 Å². The lowest BCUT2D eigenvalue weighted by molar-refractivity contribution is -0.130. The van der Waals surface area contributed by atoms with Crippen molar-refractivity contribution in [2.75, 3.05) is 23.9 Å². The van der Waals surface area contributed by atoms with E-state index in [0.29, 0.717) is 35.8 Å². The Morgan fingerprint density at radius 3 is 2.16 bits per heavy atom. The van der Waals surface area contributed by atoms with Crippen molar-refractivity contribution in [3.05, 3.63) is 95.0 Å². The molecule has 198 valence electrons. The molecule has 9 heteroatoms. The Hall–Kier alpha value is -3.36. The highest BCUT2D eigenvalue weighted by Crippen LogP contribution is 2.28. The van der Waals surface area contributed by atoms with Crippen molar-refractivity contribution in [3.63, 3.8) is 0 Å². The Labute approximate surface area is 228 Å². The molecule has 0 aromatic heterocycles. The number of amides is 2. The number of hydrogen-bond donors (Lipinski definition) is 0. The number of rotatable bonds is 7. The standard InChI is InChI=1S/C29H30ClN3O4S/c30-24-12-8-22(9-13-24)21-33(38(36,37)27-5-2-1-3-6-27)26-14-10-23(11-15-26)29(35)31-19-16-25(17-20-31)32-18-4-7-28(32)34/h1-3,5-6,8-15,25H,4,7,16-21H2. The summed E-state index contributed by atoms with van der Waals surface area (Å²) in [6.07, 6.45) is 3.10. The van der Waals surface area contributed by atoms with E-state index in [4.69, 9.17) is 11.6 Å². The van der Waals surface area contributed by atoms with E-state index in [9.17, 15) is 18.0 Å². The summed E-state index contributed by atoms with van der Waals surface area (Å²) < 4.78 is 28.6. The van der Waals surface area contributed by atoms with Crippen LogP contribution in [0.4, 0.5) is 5.69 Å². The van der Waals surface area contributed by atoms with E-state index in [2.05, 4.69) is 0 Å². The quantitative estimate of drug-likeness (QED) is 0.416. The number of carbonyl (C=O) groups is 2. The van der Waals surface area contributed by atoms with Crippen LogP contribution in [0.2, 0.25) is 5.02 Å². The zero-order chi connectivity index (χ0) is 26.7. The molecule has 0 N–H and O–H groups in total. The van der Waals surface area contributed by atoms with Crippen molar-refractivity contribution in [2.45, 2.75) is 43.2 Å². The number of benzene rings is 3. The van der Waals surface area contributed by atoms with Gasteiger partial charge in [0.15, 0.2) is 0 Å². The Kier molecular flexibility index (Phi) is 7.72. The minimum atomic E-state index is -3.86. The average molecular weight is 552 g/mol. The summed E-state index contributed by atoms with van der Waals surface area (Å²) in [6, 6.07) is 22.3. The summed E-state index contributed by atoms with van der Waals surface area (Å²) in [7, 11) is -3.86. The maximum atomic E-state index is 13.6. The van der Waals surface area contributed by atoms with Gasteiger partial charge in [0.1, 0.15) is 0 Å². The van der Waals surface area contributed by atoms with E-state index in [0.717, 1.165) is 31.4 Å². The predicted molar refractivity (Wildman–Crippen MR) is 148 cm³/mol. The first-order valence-corrected chi connectivity index (χ1v) is 14.7.